The molecule has 5 heteroatoms. The summed E-state index contributed by atoms with van der Waals surface area (Å²) >= 11 is 1.63. The summed E-state index contributed by atoms with van der Waals surface area (Å²) in [5, 5.41) is 0. The summed E-state index contributed by atoms with van der Waals surface area (Å²) in [5.74, 6) is -0.232. The SMILES string of the molecule is CCCCCCCCCCCCCCOC(=O)CCC(=O)Oc1ccc(SC)cc1. The van der Waals surface area contributed by atoms with Gasteiger partial charge in [-0.1, -0.05) is 77.6 Å². The van der Waals surface area contributed by atoms with E-state index in [2.05, 4.69) is 6.92 Å². The van der Waals surface area contributed by atoms with Crippen LogP contribution in [0.5, 0.6) is 5.75 Å². The molecule has 0 amide bonds. The second-order valence-corrected chi connectivity index (χ2v) is 8.64. The highest BCUT2D eigenvalue weighted by Crippen LogP contribution is 2.19. The van der Waals surface area contributed by atoms with E-state index in [4.69, 9.17) is 9.47 Å². The molecule has 0 aliphatic rings. The Balaban J connectivity index is 1.91. The van der Waals surface area contributed by atoms with Crippen molar-refractivity contribution in [3.8, 4) is 5.75 Å². The molecule has 0 saturated heterocycles. The summed E-state index contributed by atoms with van der Waals surface area (Å²) < 4.78 is 10.4. The second-order valence-electron chi connectivity index (χ2n) is 7.76. The van der Waals surface area contributed by atoms with Gasteiger partial charge >= 0.3 is 11.9 Å². The van der Waals surface area contributed by atoms with Crippen molar-refractivity contribution in [2.24, 2.45) is 0 Å². The molecule has 0 aromatic heterocycles. The van der Waals surface area contributed by atoms with Crippen LogP contribution in [0.25, 0.3) is 0 Å². The van der Waals surface area contributed by atoms with Gasteiger partial charge in [-0.2, -0.15) is 0 Å². The Kier molecular flexibility index (Phi) is 16.2. The van der Waals surface area contributed by atoms with E-state index in [9.17, 15) is 9.59 Å². The minimum atomic E-state index is -0.408. The lowest BCUT2D eigenvalue weighted by Gasteiger charge is -2.06. The Bertz CT molecular complexity index is 571. The molecule has 0 radical (unpaired) electrons. The number of carbonyl (C=O) groups excluding carboxylic acids is 2. The van der Waals surface area contributed by atoms with Gasteiger partial charge in [0.25, 0.3) is 0 Å². The van der Waals surface area contributed by atoms with Gasteiger partial charge in [0.15, 0.2) is 0 Å². The second kappa shape index (κ2) is 18.3. The molecule has 0 unspecified atom stereocenters. The number of ether oxygens (including phenoxy) is 2. The predicted molar refractivity (Wildman–Crippen MR) is 125 cm³/mol. The molecule has 0 saturated carbocycles. The number of esters is 2. The highest BCUT2D eigenvalue weighted by atomic mass is 32.2. The highest BCUT2D eigenvalue weighted by molar-refractivity contribution is 7.98. The average Bonchev–Trinajstić information content (AvgIpc) is 2.76. The molecule has 1 aromatic rings. The highest BCUT2D eigenvalue weighted by Gasteiger charge is 2.10. The number of rotatable bonds is 18. The van der Waals surface area contributed by atoms with Crippen LogP contribution in [0, 0.1) is 0 Å². The first-order chi connectivity index (χ1) is 14.7. The molecule has 170 valence electrons. The van der Waals surface area contributed by atoms with Crippen LogP contribution in [0.1, 0.15) is 96.8 Å². The molecular formula is C25H40O4S. The monoisotopic (exact) mass is 436 g/mol. The van der Waals surface area contributed by atoms with Gasteiger partial charge in [0.05, 0.1) is 19.4 Å². The first-order valence-corrected chi connectivity index (χ1v) is 12.9. The maximum atomic E-state index is 11.8. The van der Waals surface area contributed by atoms with Crippen LogP contribution in [0.15, 0.2) is 29.2 Å². The number of thioether (sulfide) groups is 1. The molecule has 0 fully saturated rings. The Morgan fingerprint density at radius 2 is 1.23 bits per heavy atom. The van der Waals surface area contributed by atoms with Crippen LogP contribution in [-0.4, -0.2) is 24.8 Å². The normalized spacial score (nSPS) is 10.7. The van der Waals surface area contributed by atoms with Gasteiger partial charge in [-0.25, -0.2) is 0 Å². The van der Waals surface area contributed by atoms with Gasteiger partial charge in [0, 0.05) is 4.90 Å². The standard InChI is InChI=1S/C25H40O4S/c1-3-4-5-6-7-8-9-10-11-12-13-14-21-28-24(26)19-20-25(27)29-22-15-17-23(30-2)18-16-22/h15-18H,3-14,19-21H2,1-2H3. The zero-order chi connectivity index (χ0) is 21.9. The van der Waals surface area contributed by atoms with Crippen molar-refractivity contribution in [3.63, 3.8) is 0 Å². The van der Waals surface area contributed by atoms with E-state index in [1.54, 1.807) is 23.9 Å². The Morgan fingerprint density at radius 3 is 1.77 bits per heavy atom. The van der Waals surface area contributed by atoms with Crippen molar-refractivity contribution in [1.82, 2.24) is 0 Å². The largest absolute Gasteiger partial charge is 0.466 e. The molecule has 1 rings (SSSR count). The van der Waals surface area contributed by atoms with E-state index in [1.165, 1.54) is 64.2 Å². The summed E-state index contributed by atoms with van der Waals surface area (Å²) in [7, 11) is 0. The molecule has 0 N–H and O–H groups in total. The molecule has 0 bridgehead atoms. The molecular weight excluding hydrogens is 396 g/mol. The third kappa shape index (κ3) is 14.5. The number of unbranched alkanes of at least 4 members (excludes halogenated alkanes) is 11. The van der Waals surface area contributed by atoms with E-state index in [0.717, 1.165) is 17.7 Å². The first kappa shape index (κ1) is 26.5. The molecule has 0 heterocycles. The van der Waals surface area contributed by atoms with E-state index in [0.29, 0.717) is 12.4 Å². The Labute approximate surface area is 187 Å². The fourth-order valence-corrected chi connectivity index (χ4v) is 3.64. The van der Waals surface area contributed by atoms with E-state index < -0.39 is 5.97 Å². The van der Waals surface area contributed by atoms with Gasteiger partial charge in [0.2, 0.25) is 0 Å². The lowest BCUT2D eigenvalue weighted by atomic mass is 10.1. The van der Waals surface area contributed by atoms with Crippen LogP contribution in [0.2, 0.25) is 0 Å². The molecule has 1 aromatic carbocycles. The maximum Gasteiger partial charge on any atom is 0.311 e. The predicted octanol–water partition coefficient (Wildman–Crippen LogP) is 7.34. The molecule has 0 spiro atoms. The van der Waals surface area contributed by atoms with Crippen molar-refractivity contribution in [2.45, 2.75) is 102 Å². The van der Waals surface area contributed by atoms with Gasteiger partial charge < -0.3 is 9.47 Å². The summed E-state index contributed by atoms with van der Waals surface area (Å²) in [6, 6.07) is 7.32. The summed E-state index contributed by atoms with van der Waals surface area (Å²) in [6.45, 7) is 2.70. The molecule has 30 heavy (non-hydrogen) atoms. The molecule has 0 aliphatic heterocycles. The summed E-state index contributed by atoms with van der Waals surface area (Å²) in [5.41, 5.74) is 0. The van der Waals surface area contributed by atoms with Crippen LogP contribution >= 0.6 is 11.8 Å². The summed E-state index contributed by atoms with van der Waals surface area (Å²) in [6.07, 6.45) is 17.5. The Hall–Kier alpha value is -1.49. The fraction of sp³-hybridized carbons (Fsp3) is 0.680. The van der Waals surface area contributed by atoms with E-state index in [-0.39, 0.29) is 18.8 Å². The van der Waals surface area contributed by atoms with Crippen LogP contribution in [0.3, 0.4) is 0 Å². The quantitative estimate of drug-likeness (QED) is 0.104. The number of carbonyl (C=O) groups is 2. The van der Waals surface area contributed by atoms with Gasteiger partial charge in [-0.15, -0.1) is 11.8 Å². The Morgan fingerprint density at radius 1 is 0.733 bits per heavy atom. The zero-order valence-electron chi connectivity index (χ0n) is 19.0. The van der Waals surface area contributed by atoms with Gasteiger partial charge in [-0.3, -0.25) is 9.59 Å². The summed E-state index contributed by atoms with van der Waals surface area (Å²) in [4.78, 5) is 24.7. The lowest BCUT2D eigenvalue weighted by Crippen LogP contribution is -2.12. The van der Waals surface area contributed by atoms with Crippen LogP contribution in [0.4, 0.5) is 0 Å². The van der Waals surface area contributed by atoms with E-state index >= 15 is 0 Å². The van der Waals surface area contributed by atoms with E-state index in [1.807, 2.05) is 18.4 Å². The smallest absolute Gasteiger partial charge is 0.311 e. The van der Waals surface area contributed by atoms with Crippen molar-refractivity contribution in [3.05, 3.63) is 24.3 Å². The number of hydrogen-bond acceptors (Lipinski definition) is 5. The van der Waals surface area contributed by atoms with Crippen molar-refractivity contribution in [1.29, 1.82) is 0 Å². The topological polar surface area (TPSA) is 52.6 Å². The molecule has 4 nitrogen and oxygen atoms in total. The van der Waals surface area contributed by atoms with Crippen molar-refractivity contribution >= 4 is 23.7 Å². The lowest BCUT2D eigenvalue weighted by molar-refractivity contribution is -0.147. The fourth-order valence-electron chi connectivity index (χ4n) is 3.23. The number of benzene rings is 1. The first-order valence-electron chi connectivity index (χ1n) is 11.7. The molecule has 0 aliphatic carbocycles. The van der Waals surface area contributed by atoms with Crippen molar-refractivity contribution < 1.29 is 19.1 Å². The molecule has 0 atom stereocenters. The third-order valence-corrected chi connectivity index (χ3v) is 5.83. The van der Waals surface area contributed by atoms with Crippen LogP contribution < -0.4 is 4.74 Å². The van der Waals surface area contributed by atoms with Crippen LogP contribution in [-0.2, 0) is 14.3 Å². The minimum Gasteiger partial charge on any atom is -0.466 e. The minimum absolute atomic E-state index is 0.0432. The number of hydrogen-bond donors (Lipinski definition) is 0. The zero-order valence-corrected chi connectivity index (χ0v) is 19.8. The van der Waals surface area contributed by atoms with Gasteiger partial charge in [-0.05, 0) is 36.9 Å². The average molecular weight is 437 g/mol. The van der Waals surface area contributed by atoms with Gasteiger partial charge in [0.1, 0.15) is 5.75 Å². The van der Waals surface area contributed by atoms with Crippen molar-refractivity contribution in [2.75, 3.05) is 12.9 Å². The maximum absolute atomic E-state index is 11.8. The third-order valence-electron chi connectivity index (χ3n) is 5.09.